The summed E-state index contributed by atoms with van der Waals surface area (Å²) in [7, 11) is 0. The average molecular weight is 144 g/mol. The van der Waals surface area contributed by atoms with Gasteiger partial charge in [-0.3, -0.25) is 4.79 Å². The van der Waals surface area contributed by atoms with Crippen molar-refractivity contribution in [3.63, 3.8) is 0 Å². The monoisotopic (exact) mass is 144 g/mol. The largest absolute Gasteiger partial charge is 0.479 e. The van der Waals surface area contributed by atoms with E-state index >= 15 is 0 Å². The molecule has 0 saturated carbocycles. The van der Waals surface area contributed by atoms with Crippen molar-refractivity contribution in [1.29, 1.82) is 0 Å². The molecule has 0 bridgehead atoms. The second-order valence-corrected chi connectivity index (χ2v) is 1.55. The lowest BCUT2D eigenvalue weighted by Crippen LogP contribution is -2.11. The van der Waals surface area contributed by atoms with Crippen LogP contribution in [0.25, 0.3) is 0 Å². The summed E-state index contributed by atoms with van der Waals surface area (Å²) < 4.78 is 4.23. The number of rotatable bonds is 4. The lowest BCUT2D eigenvalue weighted by Gasteiger charge is -1.96. The third kappa shape index (κ3) is 4.83. The first-order chi connectivity index (χ1) is 4.66. The minimum absolute atomic E-state index is 0.0489. The van der Waals surface area contributed by atoms with Gasteiger partial charge in [0.1, 0.15) is 0 Å². The number of esters is 1. The van der Waals surface area contributed by atoms with Gasteiger partial charge >= 0.3 is 11.9 Å². The highest BCUT2D eigenvalue weighted by atomic mass is 16.5. The highest BCUT2D eigenvalue weighted by molar-refractivity contribution is 5.75. The van der Waals surface area contributed by atoms with E-state index in [1.54, 1.807) is 0 Å². The van der Waals surface area contributed by atoms with E-state index in [1.807, 2.05) is 0 Å². The van der Waals surface area contributed by atoms with E-state index < -0.39 is 18.5 Å². The van der Waals surface area contributed by atoms with Crippen LogP contribution in [0, 0.1) is 0 Å². The Morgan fingerprint density at radius 3 is 2.60 bits per heavy atom. The molecule has 0 aromatic carbocycles. The van der Waals surface area contributed by atoms with Gasteiger partial charge in [-0.2, -0.15) is 0 Å². The maximum absolute atomic E-state index is 10.4. The molecule has 4 heteroatoms. The topological polar surface area (TPSA) is 63.6 Å². The standard InChI is InChI=1S/C6H8O4/c1-2-3-6(9)10-4-5(7)8/h2H,1,3-4H2,(H,7,8). The van der Waals surface area contributed by atoms with Crippen molar-refractivity contribution in [2.24, 2.45) is 0 Å². The molecule has 0 radical (unpaired) electrons. The molecule has 56 valence electrons. The van der Waals surface area contributed by atoms with Crippen molar-refractivity contribution in [3.05, 3.63) is 12.7 Å². The number of carboxylic acids is 1. The van der Waals surface area contributed by atoms with Crippen LogP contribution in [-0.4, -0.2) is 23.7 Å². The van der Waals surface area contributed by atoms with Crippen LogP contribution in [-0.2, 0) is 14.3 Å². The Labute approximate surface area is 58.1 Å². The molecular formula is C6H8O4. The average Bonchev–Trinajstić information content (AvgIpc) is 1.85. The maximum Gasteiger partial charge on any atom is 0.341 e. The fourth-order valence-electron chi connectivity index (χ4n) is 0.319. The minimum Gasteiger partial charge on any atom is -0.479 e. The summed E-state index contributed by atoms with van der Waals surface area (Å²) in [5, 5.41) is 8.03. The lowest BCUT2D eigenvalue weighted by atomic mass is 10.4. The summed E-state index contributed by atoms with van der Waals surface area (Å²) in [5.41, 5.74) is 0. The zero-order valence-electron chi connectivity index (χ0n) is 5.37. The fourth-order valence-corrected chi connectivity index (χ4v) is 0.319. The number of ether oxygens (including phenoxy) is 1. The first kappa shape index (κ1) is 8.68. The Morgan fingerprint density at radius 2 is 2.20 bits per heavy atom. The number of hydrogen-bond donors (Lipinski definition) is 1. The van der Waals surface area contributed by atoms with E-state index in [-0.39, 0.29) is 6.42 Å². The molecule has 0 unspecified atom stereocenters. The molecule has 0 amide bonds. The Balaban J connectivity index is 3.39. The SMILES string of the molecule is C=CCC(=O)OCC(=O)O. The predicted octanol–water partition coefficient (Wildman–Crippen LogP) is 0.190. The Hall–Kier alpha value is -1.32. The number of aliphatic carboxylic acids is 1. The zero-order chi connectivity index (χ0) is 7.98. The van der Waals surface area contributed by atoms with Gasteiger partial charge in [0.25, 0.3) is 0 Å². The van der Waals surface area contributed by atoms with Crippen LogP contribution in [0.4, 0.5) is 0 Å². The molecule has 0 saturated heterocycles. The van der Waals surface area contributed by atoms with Crippen molar-refractivity contribution >= 4 is 11.9 Å². The van der Waals surface area contributed by atoms with E-state index in [4.69, 9.17) is 5.11 Å². The van der Waals surface area contributed by atoms with Gasteiger partial charge in [-0.15, -0.1) is 6.58 Å². The Morgan fingerprint density at radius 1 is 1.60 bits per heavy atom. The van der Waals surface area contributed by atoms with Gasteiger partial charge in [0.2, 0.25) is 0 Å². The van der Waals surface area contributed by atoms with Crippen molar-refractivity contribution < 1.29 is 19.4 Å². The van der Waals surface area contributed by atoms with Crippen LogP contribution in [0.1, 0.15) is 6.42 Å². The van der Waals surface area contributed by atoms with E-state index in [1.165, 1.54) is 6.08 Å². The van der Waals surface area contributed by atoms with Gasteiger partial charge in [0.05, 0.1) is 6.42 Å². The quantitative estimate of drug-likeness (QED) is 0.452. The molecule has 0 fully saturated rings. The summed E-state index contributed by atoms with van der Waals surface area (Å²) in [4.78, 5) is 20.2. The predicted molar refractivity (Wildman–Crippen MR) is 33.4 cm³/mol. The van der Waals surface area contributed by atoms with Crippen molar-refractivity contribution in [2.75, 3.05) is 6.61 Å². The molecule has 0 atom stereocenters. The van der Waals surface area contributed by atoms with E-state index in [0.717, 1.165) is 0 Å². The summed E-state index contributed by atoms with van der Waals surface area (Å²) >= 11 is 0. The van der Waals surface area contributed by atoms with E-state index in [9.17, 15) is 9.59 Å². The van der Waals surface area contributed by atoms with Crippen LogP contribution in [0.15, 0.2) is 12.7 Å². The smallest absolute Gasteiger partial charge is 0.341 e. The van der Waals surface area contributed by atoms with Gasteiger partial charge < -0.3 is 9.84 Å². The molecule has 0 rings (SSSR count). The number of carbonyl (C=O) groups is 2. The molecule has 0 aliphatic carbocycles. The molecule has 0 aromatic rings. The highest BCUT2D eigenvalue weighted by Gasteiger charge is 2.01. The van der Waals surface area contributed by atoms with Crippen LogP contribution >= 0.6 is 0 Å². The zero-order valence-corrected chi connectivity index (χ0v) is 5.37. The molecule has 4 nitrogen and oxygen atoms in total. The van der Waals surface area contributed by atoms with Crippen molar-refractivity contribution in [1.82, 2.24) is 0 Å². The van der Waals surface area contributed by atoms with Crippen molar-refractivity contribution in [2.45, 2.75) is 6.42 Å². The molecule has 10 heavy (non-hydrogen) atoms. The van der Waals surface area contributed by atoms with E-state index in [2.05, 4.69) is 11.3 Å². The van der Waals surface area contributed by atoms with Gasteiger partial charge in [-0.05, 0) is 0 Å². The van der Waals surface area contributed by atoms with Crippen LogP contribution < -0.4 is 0 Å². The molecule has 0 aromatic heterocycles. The fraction of sp³-hybridized carbons (Fsp3) is 0.333. The third-order valence-electron chi connectivity index (χ3n) is 0.668. The van der Waals surface area contributed by atoms with Gasteiger partial charge in [-0.25, -0.2) is 4.79 Å². The Kier molecular flexibility index (Phi) is 3.95. The normalized spacial score (nSPS) is 8.40. The van der Waals surface area contributed by atoms with Crippen LogP contribution in [0.3, 0.4) is 0 Å². The third-order valence-corrected chi connectivity index (χ3v) is 0.668. The second-order valence-electron chi connectivity index (χ2n) is 1.55. The van der Waals surface area contributed by atoms with Crippen LogP contribution in [0.2, 0.25) is 0 Å². The minimum atomic E-state index is -1.16. The second kappa shape index (κ2) is 4.55. The van der Waals surface area contributed by atoms with Crippen molar-refractivity contribution in [3.8, 4) is 0 Å². The molecule has 0 aliphatic heterocycles. The van der Waals surface area contributed by atoms with Gasteiger partial charge in [0.15, 0.2) is 6.61 Å². The molecule has 0 heterocycles. The summed E-state index contributed by atoms with van der Waals surface area (Å²) in [5.74, 6) is -1.73. The van der Waals surface area contributed by atoms with Gasteiger partial charge in [-0.1, -0.05) is 6.08 Å². The molecule has 1 N–H and O–H groups in total. The Bertz CT molecular complexity index is 150. The molecular weight excluding hydrogens is 136 g/mol. The summed E-state index contributed by atoms with van der Waals surface area (Å²) in [6.07, 6.45) is 1.40. The lowest BCUT2D eigenvalue weighted by molar-refractivity contribution is -0.154. The maximum atomic E-state index is 10.4. The van der Waals surface area contributed by atoms with E-state index in [0.29, 0.717) is 0 Å². The molecule has 0 aliphatic rings. The number of carbonyl (C=O) groups excluding carboxylic acids is 1. The summed E-state index contributed by atoms with van der Waals surface area (Å²) in [6, 6.07) is 0. The number of carboxylic acid groups (broad SMARTS) is 1. The number of hydrogen-bond acceptors (Lipinski definition) is 3. The highest BCUT2D eigenvalue weighted by Crippen LogP contribution is 1.85. The summed E-state index contributed by atoms with van der Waals surface area (Å²) in [6.45, 7) is 2.70. The van der Waals surface area contributed by atoms with Crippen LogP contribution in [0.5, 0.6) is 0 Å². The first-order valence-electron chi connectivity index (χ1n) is 2.65. The first-order valence-corrected chi connectivity index (χ1v) is 2.65. The molecule has 0 spiro atoms. The van der Waals surface area contributed by atoms with Gasteiger partial charge in [0, 0.05) is 0 Å².